The molecular weight excluding hydrogens is 318 g/mol. The van der Waals surface area contributed by atoms with Crippen LogP contribution < -0.4 is 9.47 Å². The van der Waals surface area contributed by atoms with Gasteiger partial charge in [-0.3, -0.25) is 10.1 Å². The molecule has 1 aliphatic heterocycles. The number of hydrogen-bond acceptors (Lipinski definition) is 7. The monoisotopic (exact) mass is 325 g/mol. The summed E-state index contributed by atoms with van der Waals surface area (Å²) in [5, 5.41) is 10.8. The van der Waals surface area contributed by atoms with E-state index >= 15 is 0 Å². The van der Waals surface area contributed by atoms with Gasteiger partial charge in [0, 0.05) is 0 Å². The molecule has 22 heavy (non-hydrogen) atoms. The Bertz CT molecular complexity index is 755. The summed E-state index contributed by atoms with van der Waals surface area (Å²) >= 11 is 6.01. The first kappa shape index (κ1) is 14.2. The Balaban J connectivity index is 1.68. The van der Waals surface area contributed by atoms with Gasteiger partial charge in [0.2, 0.25) is 12.6 Å². The molecule has 0 N–H and O–H groups in total. The van der Waals surface area contributed by atoms with Crippen LogP contribution >= 0.6 is 11.6 Å². The minimum absolute atomic E-state index is 0.0777. The van der Waals surface area contributed by atoms with Gasteiger partial charge in [-0.1, -0.05) is 11.6 Å². The van der Waals surface area contributed by atoms with Crippen LogP contribution in [-0.2, 0) is 11.3 Å². The normalized spacial score (nSPS) is 12.2. The van der Waals surface area contributed by atoms with Gasteiger partial charge in [0.1, 0.15) is 11.5 Å². The Labute approximate surface area is 128 Å². The molecule has 1 aromatic heterocycles. The van der Waals surface area contributed by atoms with Crippen molar-refractivity contribution < 1.29 is 28.3 Å². The summed E-state index contributed by atoms with van der Waals surface area (Å²) in [5.74, 6) is -0.691. The van der Waals surface area contributed by atoms with Crippen LogP contribution in [0.25, 0.3) is 0 Å². The lowest BCUT2D eigenvalue weighted by Gasteiger charge is -2.05. The highest BCUT2D eigenvalue weighted by Gasteiger charge is 2.21. The molecule has 2 aromatic rings. The Kier molecular flexibility index (Phi) is 3.60. The summed E-state index contributed by atoms with van der Waals surface area (Å²) in [4.78, 5) is 21.5. The third kappa shape index (κ3) is 2.68. The van der Waals surface area contributed by atoms with E-state index in [0.717, 1.165) is 6.07 Å². The van der Waals surface area contributed by atoms with Crippen LogP contribution in [0.2, 0.25) is 5.02 Å². The highest BCUT2D eigenvalue weighted by molar-refractivity contribution is 6.32. The first-order chi connectivity index (χ1) is 10.5. The first-order valence-corrected chi connectivity index (χ1v) is 6.42. The molecule has 1 aromatic carbocycles. The minimum Gasteiger partial charge on any atom is -0.455 e. The number of benzene rings is 1. The van der Waals surface area contributed by atoms with Gasteiger partial charge in [-0.25, -0.2) is 4.79 Å². The number of rotatable bonds is 4. The number of nitrogens with zero attached hydrogens (tertiary/aromatic N) is 1. The lowest BCUT2D eigenvalue weighted by Crippen LogP contribution is -2.04. The fraction of sp³-hybridized carbons (Fsp3) is 0.154. The Hall–Kier alpha value is -2.74. The van der Waals surface area contributed by atoms with Crippen LogP contribution in [0.3, 0.4) is 0 Å². The van der Waals surface area contributed by atoms with E-state index in [1.807, 2.05) is 0 Å². The van der Waals surface area contributed by atoms with E-state index in [9.17, 15) is 14.9 Å². The molecule has 3 rings (SSSR count). The minimum atomic E-state index is -0.818. The summed E-state index contributed by atoms with van der Waals surface area (Å²) in [7, 11) is 0. The van der Waals surface area contributed by atoms with E-state index in [0.29, 0.717) is 22.1 Å². The zero-order chi connectivity index (χ0) is 15.7. The molecule has 0 aliphatic carbocycles. The number of carbonyl (C=O) groups excluding carboxylic acids is 1. The third-order valence-electron chi connectivity index (χ3n) is 2.83. The molecule has 0 radical (unpaired) electrons. The number of fused-ring (bicyclic) bond motifs is 1. The summed E-state index contributed by atoms with van der Waals surface area (Å²) < 4.78 is 20.1. The van der Waals surface area contributed by atoms with Gasteiger partial charge in [-0.2, -0.15) is 0 Å². The molecule has 0 fully saturated rings. The fourth-order valence-corrected chi connectivity index (χ4v) is 2.15. The van der Waals surface area contributed by atoms with Crippen molar-refractivity contribution in [3.8, 4) is 11.5 Å². The molecule has 0 saturated heterocycles. The zero-order valence-electron chi connectivity index (χ0n) is 10.9. The average Bonchev–Trinajstić information content (AvgIpc) is 3.13. The molecule has 2 heterocycles. The second kappa shape index (κ2) is 5.57. The maximum Gasteiger partial charge on any atom is 0.433 e. The maximum absolute atomic E-state index is 11.7. The van der Waals surface area contributed by atoms with Crippen molar-refractivity contribution in [1.29, 1.82) is 0 Å². The van der Waals surface area contributed by atoms with E-state index < -0.39 is 16.8 Å². The quantitative estimate of drug-likeness (QED) is 0.484. The van der Waals surface area contributed by atoms with Crippen LogP contribution in [0.1, 0.15) is 16.1 Å². The van der Waals surface area contributed by atoms with Gasteiger partial charge >= 0.3 is 11.9 Å². The number of nitro groups is 1. The lowest BCUT2D eigenvalue weighted by atomic mass is 10.2. The predicted octanol–water partition coefficient (Wildman–Crippen LogP) is 2.93. The van der Waals surface area contributed by atoms with Crippen molar-refractivity contribution in [3.63, 3.8) is 0 Å². The molecule has 0 amide bonds. The highest BCUT2D eigenvalue weighted by Crippen LogP contribution is 2.39. The SMILES string of the molecule is O=C(OCc1cc(Cl)c2c(c1)OCO2)c1ccc([N+](=O)[O-])o1. The van der Waals surface area contributed by atoms with Crippen LogP contribution in [0.15, 0.2) is 28.7 Å². The molecule has 0 spiro atoms. The molecule has 0 atom stereocenters. The zero-order valence-corrected chi connectivity index (χ0v) is 11.7. The van der Waals surface area contributed by atoms with E-state index in [-0.39, 0.29) is 19.2 Å². The molecule has 114 valence electrons. The fourth-order valence-electron chi connectivity index (χ4n) is 1.86. The van der Waals surface area contributed by atoms with Crippen molar-refractivity contribution in [3.05, 3.63) is 50.7 Å². The van der Waals surface area contributed by atoms with Crippen molar-refractivity contribution >= 4 is 23.5 Å². The summed E-state index contributed by atoms with van der Waals surface area (Å²) in [6, 6.07) is 5.46. The molecular formula is C13H8ClNO7. The lowest BCUT2D eigenvalue weighted by molar-refractivity contribution is -0.402. The Morgan fingerprint density at radius 1 is 1.36 bits per heavy atom. The van der Waals surface area contributed by atoms with Crippen LogP contribution in [0.4, 0.5) is 5.88 Å². The Morgan fingerprint density at radius 2 is 2.18 bits per heavy atom. The van der Waals surface area contributed by atoms with Crippen LogP contribution in [0.5, 0.6) is 11.5 Å². The number of furan rings is 1. The van der Waals surface area contributed by atoms with Gasteiger partial charge < -0.3 is 18.6 Å². The second-order valence-electron chi connectivity index (χ2n) is 4.28. The molecule has 0 saturated carbocycles. The highest BCUT2D eigenvalue weighted by atomic mass is 35.5. The van der Waals surface area contributed by atoms with Crippen molar-refractivity contribution in [2.45, 2.75) is 6.61 Å². The predicted molar refractivity (Wildman–Crippen MR) is 72.1 cm³/mol. The maximum atomic E-state index is 11.7. The number of ether oxygens (including phenoxy) is 3. The van der Waals surface area contributed by atoms with Crippen LogP contribution in [0, 0.1) is 10.1 Å². The van der Waals surface area contributed by atoms with E-state index in [1.165, 1.54) is 6.07 Å². The standard InChI is InChI=1S/C13H8ClNO7/c14-8-3-7(4-10-12(8)21-6-20-10)5-19-13(16)9-1-2-11(22-9)15(17)18/h1-4H,5-6H2. The van der Waals surface area contributed by atoms with Gasteiger partial charge in [0.15, 0.2) is 11.5 Å². The first-order valence-electron chi connectivity index (χ1n) is 6.04. The Morgan fingerprint density at radius 3 is 2.91 bits per heavy atom. The number of esters is 1. The number of hydrogen-bond donors (Lipinski definition) is 0. The van der Waals surface area contributed by atoms with E-state index in [1.54, 1.807) is 12.1 Å². The van der Waals surface area contributed by atoms with Gasteiger partial charge in [0.25, 0.3) is 0 Å². The molecule has 8 nitrogen and oxygen atoms in total. The summed E-state index contributed by atoms with van der Waals surface area (Å²) in [6.45, 7) is -0.0158. The van der Waals surface area contributed by atoms with Crippen molar-refractivity contribution in [2.24, 2.45) is 0 Å². The third-order valence-corrected chi connectivity index (χ3v) is 3.11. The van der Waals surface area contributed by atoms with Crippen LogP contribution in [-0.4, -0.2) is 17.7 Å². The summed E-state index contributed by atoms with van der Waals surface area (Å²) in [5.41, 5.74) is 0.587. The van der Waals surface area contributed by atoms with Crippen molar-refractivity contribution in [2.75, 3.05) is 6.79 Å². The summed E-state index contributed by atoms with van der Waals surface area (Å²) in [6.07, 6.45) is 0. The average molecular weight is 326 g/mol. The van der Waals surface area contributed by atoms with Gasteiger partial charge in [0.05, 0.1) is 11.1 Å². The van der Waals surface area contributed by atoms with Gasteiger partial charge in [-0.05, 0) is 23.8 Å². The van der Waals surface area contributed by atoms with E-state index in [4.69, 9.17) is 30.2 Å². The van der Waals surface area contributed by atoms with E-state index in [2.05, 4.69) is 0 Å². The largest absolute Gasteiger partial charge is 0.455 e. The smallest absolute Gasteiger partial charge is 0.433 e. The molecule has 0 bridgehead atoms. The topological polar surface area (TPSA) is 101 Å². The van der Waals surface area contributed by atoms with Crippen molar-refractivity contribution in [1.82, 2.24) is 0 Å². The molecule has 9 heteroatoms. The number of halogens is 1. The number of carbonyl (C=O) groups is 1. The molecule has 1 aliphatic rings. The van der Waals surface area contributed by atoms with Gasteiger partial charge in [-0.15, -0.1) is 0 Å². The second-order valence-corrected chi connectivity index (χ2v) is 4.69. The molecule has 0 unspecified atom stereocenters.